The lowest BCUT2D eigenvalue weighted by atomic mass is 10.2. The van der Waals surface area contributed by atoms with Crippen LogP contribution in [-0.4, -0.2) is 22.1 Å². The maximum Gasteiger partial charge on any atom is 0.355 e. The van der Waals surface area contributed by atoms with E-state index in [1.807, 2.05) is 49.0 Å². The number of rotatable bonds is 5. The number of hydrogen-bond donors (Lipinski definition) is 0. The minimum atomic E-state index is -0.254. The lowest BCUT2D eigenvalue weighted by molar-refractivity contribution is 0.0513. The summed E-state index contributed by atoms with van der Waals surface area (Å²) in [4.78, 5) is 16.0. The van der Waals surface area contributed by atoms with Crippen LogP contribution in [0.5, 0.6) is 0 Å². The minimum Gasteiger partial charge on any atom is -0.461 e. The molecule has 0 N–H and O–H groups in total. The maximum absolute atomic E-state index is 11.9. The van der Waals surface area contributed by atoms with Crippen LogP contribution in [0, 0.1) is 6.92 Å². The highest BCUT2D eigenvalue weighted by Crippen LogP contribution is 2.13. The van der Waals surface area contributed by atoms with E-state index in [0.29, 0.717) is 12.3 Å². The largest absolute Gasteiger partial charge is 0.461 e. The molecule has 100 valence electrons. The third-order valence-electron chi connectivity index (χ3n) is 3.00. The number of carbonyl (C=O) groups excluding carboxylic acids is 1. The summed E-state index contributed by atoms with van der Waals surface area (Å²) in [5.74, 6) is -0.254. The number of aryl methyl sites for hydroxylation is 3. The molecule has 0 aromatic carbocycles. The van der Waals surface area contributed by atoms with E-state index in [1.54, 1.807) is 6.20 Å². The molecule has 2 heterocycles. The van der Waals surface area contributed by atoms with Crippen LogP contribution in [0.1, 0.15) is 28.5 Å². The molecule has 4 nitrogen and oxygen atoms in total. The van der Waals surface area contributed by atoms with Crippen LogP contribution in [0.25, 0.3) is 0 Å². The Bertz CT molecular complexity index is 547. The number of hydrogen-bond acceptors (Lipinski definition) is 3. The molecule has 4 heteroatoms. The molecule has 0 spiro atoms. The van der Waals surface area contributed by atoms with Gasteiger partial charge in [-0.3, -0.25) is 4.98 Å². The molecule has 2 aromatic heterocycles. The van der Waals surface area contributed by atoms with Crippen molar-refractivity contribution in [2.24, 2.45) is 0 Å². The fraction of sp³-hybridized carbons (Fsp3) is 0.333. The van der Waals surface area contributed by atoms with Crippen molar-refractivity contribution < 1.29 is 9.53 Å². The Morgan fingerprint density at radius 2 is 2.26 bits per heavy atom. The van der Waals surface area contributed by atoms with Crippen molar-refractivity contribution in [3.63, 3.8) is 0 Å². The van der Waals surface area contributed by atoms with Crippen molar-refractivity contribution >= 4 is 5.97 Å². The van der Waals surface area contributed by atoms with Gasteiger partial charge in [0.15, 0.2) is 0 Å². The molecule has 0 saturated carbocycles. The van der Waals surface area contributed by atoms with Gasteiger partial charge in [0, 0.05) is 25.1 Å². The van der Waals surface area contributed by atoms with Gasteiger partial charge in [-0.2, -0.15) is 0 Å². The Hall–Kier alpha value is -2.10. The van der Waals surface area contributed by atoms with E-state index in [2.05, 4.69) is 4.98 Å². The number of pyridine rings is 1. The molecular weight excluding hydrogens is 240 g/mol. The normalized spacial score (nSPS) is 10.4. The molecule has 0 amide bonds. The Morgan fingerprint density at radius 1 is 1.42 bits per heavy atom. The van der Waals surface area contributed by atoms with E-state index in [4.69, 9.17) is 4.74 Å². The molecule has 0 unspecified atom stereocenters. The quantitative estimate of drug-likeness (QED) is 0.774. The zero-order valence-electron chi connectivity index (χ0n) is 11.3. The van der Waals surface area contributed by atoms with Crippen LogP contribution in [0.3, 0.4) is 0 Å². The van der Waals surface area contributed by atoms with Crippen LogP contribution in [0.4, 0.5) is 0 Å². The first-order valence-electron chi connectivity index (χ1n) is 6.44. The van der Waals surface area contributed by atoms with Crippen LogP contribution in [0.15, 0.2) is 36.8 Å². The second-order valence-corrected chi connectivity index (χ2v) is 4.37. The van der Waals surface area contributed by atoms with Crippen molar-refractivity contribution in [1.82, 2.24) is 9.55 Å². The summed E-state index contributed by atoms with van der Waals surface area (Å²) in [5, 5.41) is 0. The summed E-state index contributed by atoms with van der Waals surface area (Å²) in [6, 6.07) is 5.89. The van der Waals surface area contributed by atoms with E-state index in [1.165, 1.54) is 0 Å². The zero-order valence-corrected chi connectivity index (χ0v) is 11.3. The van der Waals surface area contributed by atoms with Gasteiger partial charge in [-0.15, -0.1) is 0 Å². The Labute approximate surface area is 113 Å². The topological polar surface area (TPSA) is 44.1 Å². The first-order valence-corrected chi connectivity index (χ1v) is 6.44. The number of ether oxygens (including phenoxy) is 1. The second-order valence-electron chi connectivity index (χ2n) is 4.37. The Kier molecular flexibility index (Phi) is 4.34. The van der Waals surface area contributed by atoms with E-state index >= 15 is 0 Å². The predicted octanol–water partition coefficient (Wildman–Crippen LogP) is 2.61. The van der Waals surface area contributed by atoms with Gasteiger partial charge in [0.25, 0.3) is 0 Å². The third kappa shape index (κ3) is 3.22. The summed E-state index contributed by atoms with van der Waals surface area (Å²) in [7, 11) is 0. The SMILES string of the molecule is CCOC(=O)c1c(C)ccn1CCc1cccnc1. The average molecular weight is 258 g/mol. The van der Waals surface area contributed by atoms with E-state index in [0.717, 1.165) is 24.1 Å². The number of nitrogens with zero attached hydrogens (tertiary/aromatic N) is 2. The lowest BCUT2D eigenvalue weighted by Crippen LogP contribution is -2.14. The predicted molar refractivity (Wildman–Crippen MR) is 73.1 cm³/mol. The highest BCUT2D eigenvalue weighted by Gasteiger charge is 2.15. The fourth-order valence-electron chi connectivity index (χ4n) is 2.04. The highest BCUT2D eigenvalue weighted by molar-refractivity contribution is 5.89. The van der Waals surface area contributed by atoms with Crippen molar-refractivity contribution in [2.75, 3.05) is 6.61 Å². The molecule has 0 atom stereocenters. The molecule has 0 bridgehead atoms. The first kappa shape index (κ1) is 13.3. The highest BCUT2D eigenvalue weighted by atomic mass is 16.5. The monoisotopic (exact) mass is 258 g/mol. The molecule has 0 aliphatic heterocycles. The van der Waals surface area contributed by atoms with Gasteiger partial charge in [0.2, 0.25) is 0 Å². The molecule has 0 radical (unpaired) electrons. The Morgan fingerprint density at radius 3 is 2.95 bits per heavy atom. The first-order chi connectivity index (χ1) is 9.22. The van der Waals surface area contributed by atoms with Gasteiger partial charge in [-0.1, -0.05) is 6.07 Å². The molecule has 0 aliphatic rings. The number of esters is 1. The maximum atomic E-state index is 11.9. The minimum absolute atomic E-state index is 0.254. The summed E-state index contributed by atoms with van der Waals surface area (Å²) < 4.78 is 7.03. The number of aromatic nitrogens is 2. The van der Waals surface area contributed by atoms with Crippen molar-refractivity contribution in [3.8, 4) is 0 Å². The van der Waals surface area contributed by atoms with E-state index in [9.17, 15) is 4.79 Å². The van der Waals surface area contributed by atoms with E-state index in [-0.39, 0.29) is 5.97 Å². The van der Waals surface area contributed by atoms with Gasteiger partial charge < -0.3 is 9.30 Å². The van der Waals surface area contributed by atoms with Crippen LogP contribution in [0.2, 0.25) is 0 Å². The molecule has 19 heavy (non-hydrogen) atoms. The van der Waals surface area contributed by atoms with Gasteiger partial charge in [0.1, 0.15) is 5.69 Å². The molecule has 2 aromatic rings. The molecule has 0 saturated heterocycles. The third-order valence-corrected chi connectivity index (χ3v) is 3.00. The average Bonchev–Trinajstić information content (AvgIpc) is 2.79. The van der Waals surface area contributed by atoms with Crippen molar-refractivity contribution in [2.45, 2.75) is 26.8 Å². The summed E-state index contributed by atoms with van der Waals surface area (Å²) >= 11 is 0. The fourth-order valence-corrected chi connectivity index (χ4v) is 2.04. The smallest absolute Gasteiger partial charge is 0.355 e. The number of carbonyl (C=O) groups is 1. The van der Waals surface area contributed by atoms with E-state index < -0.39 is 0 Å². The molecule has 0 fully saturated rings. The van der Waals surface area contributed by atoms with Gasteiger partial charge in [0.05, 0.1) is 6.61 Å². The summed E-state index contributed by atoms with van der Waals surface area (Å²) in [6.07, 6.45) is 6.38. The van der Waals surface area contributed by atoms with Crippen LogP contribution in [-0.2, 0) is 17.7 Å². The van der Waals surface area contributed by atoms with Crippen molar-refractivity contribution in [1.29, 1.82) is 0 Å². The molecule has 0 aliphatic carbocycles. The van der Waals surface area contributed by atoms with Gasteiger partial charge >= 0.3 is 5.97 Å². The summed E-state index contributed by atoms with van der Waals surface area (Å²) in [5.41, 5.74) is 2.75. The van der Waals surface area contributed by atoms with Gasteiger partial charge in [-0.25, -0.2) is 4.79 Å². The lowest BCUT2D eigenvalue weighted by Gasteiger charge is -2.09. The molecule has 2 rings (SSSR count). The second kappa shape index (κ2) is 6.18. The molecular formula is C15H18N2O2. The van der Waals surface area contributed by atoms with Crippen LogP contribution < -0.4 is 0 Å². The van der Waals surface area contributed by atoms with Crippen molar-refractivity contribution in [3.05, 3.63) is 53.6 Å². The zero-order chi connectivity index (χ0) is 13.7. The van der Waals surface area contributed by atoms with Crippen LogP contribution >= 0.6 is 0 Å². The summed E-state index contributed by atoms with van der Waals surface area (Å²) in [6.45, 7) is 4.88. The Balaban J connectivity index is 2.11. The van der Waals surface area contributed by atoms with Gasteiger partial charge in [-0.05, 0) is 43.5 Å². The standard InChI is InChI=1S/C15H18N2O2/c1-3-19-15(18)14-12(2)6-9-17(14)10-7-13-5-4-8-16-11-13/h4-6,8-9,11H,3,7,10H2,1-2H3.